The van der Waals surface area contributed by atoms with Crippen LogP contribution < -0.4 is 10.2 Å². The third-order valence-corrected chi connectivity index (χ3v) is 5.77. The van der Waals surface area contributed by atoms with E-state index in [1.807, 2.05) is 49.2 Å². The molecule has 2 aromatic carbocycles. The van der Waals surface area contributed by atoms with Gasteiger partial charge in [0.1, 0.15) is 6.54 Å². The molecule has 1 N–H and O–H groups in total. The van der Waals surface area contributed by atoms with Gasteiger partial charge in [0.2, 0.25) is 5.91 Å². The largest absolute Gasteiger partial charge is 0.418 e. The molecule has 0 radical (unpaired) electrons. The molecule has 0 unspecified atom stereocenters. The first kappa shape index (κ1) is 21.2. The lowest BCUT2D eigenvalue weighted by Crippen LogP contribution is -2.44. The molecule has 0 saturated carbocycles. The maximum absolute atomic E-state index is 13.8. The van der Waals surface area contributed by atoms with E-state index in [9.17, 15) is 18.0 Å². The minimum atomic E-state index is -4.57. The van der Waals surface area contributed by atoms with Crippen LogP contribution in [0.25, 0.3) is 10.9 Å². The lowest BCUT2D eigenvalue weighted by atomic mass is 10.1. The Bertz CT molecular complexity index is 1100. The number of amides is 1. The van der Waals surface area contributed by atoms with Crippen molar-refractivity contribution in [2.45, 2.75) is 19.6 Å². The Labute approximate surface area is 179 Å². The zero-order valence-electron chi connectivity index (χ0n) is 17.5. The van der Waals surface area contributed by atoms with E-state index in [1.165, 1.54) is 6.07 Å². The molecule has 0 bridgehead atoms. The van der Waals surface area contributed by atoms with Gasteiger partial charge < -0.3 is 19.7 Å². The Hall–Kier alpha value is -3.00. The third-order valence-electron chi connectivity index (χ3n) is 5.77. The molecule has 1 aliphatic heterocycles. The van der Waals surface area contributed by atoms with Crippen LogP contribution in [-0.4, -0.2) is 48.6 Å². The van der Waals surface area contributed by atoms with E-state index >= 15 is 0 Å². The van der Waals surface area contributed by atoms with Gasteiger partial charge in [0, 0.05) is 43.1 Å². The number of hydrogen-bond donors (Lipinski definition) is 1. The second kappa shape index (κ2) is 8.26. The predicted octanol–water partition coefficient (Wildman–Crippen LogP) is 4.36. The number of halogens is 3. The SMILES string of the molecule is Cc1cc2ccccc2n1CC(=O)Nc1ccc(N2CCN(C)CC2)cc1C(F)(F)F. The van der Waals surface area contributed by atoms with Crippen LogP contribution in [-0.2, 0) is 17.5 Å². The van der Waals surface area contributed by atoms with Gasteiger partial charge in [0.05, 0.1) is 11.3 Å². The molecule has 31 heavy (non-hydrogen) atoms. The predicted molar refractivity (Wildman–Crippen MR) is 116 cm³/mol. The summed E-state index contributed by atoms with van der Waals surface area (Å²) in [6.07, 6.45) is -4.57. The Balaban J connectivity index is 1.57. The van der Waals surface area contributed by atoms with Crippen LogP contribution in [0, 0.1) is 6.92 Å². The lowest BCUT2D eigenvalue weighted by Gasteiger charge is -2.34. The number of hydrogen-bond acceptors (Lipinski definition) is 3. The first-order chi connectivity index (χ1) is 14.7. The summed E-state index contributed by atoms with van der Waals surface area (Å²) < 4.78 is 43.1. The van der Waals surface area contributed by atoms with Crippen molar-refractivity contribution < 1.29 is 18.0 Å². The molecule has 5 nitrogen and oxygen atoms in total. The Morgan fingerprint density at radius 1 is 1.03 bits per heavy atom. The number of nitrogens with one attached hydrogen (secondary N) is 1. The van der Waals surface area contributed by atoms with Crippen LogP contribution in [0.15, 0.2) is 48.5 Å². The number of aryl methyl sites for hydroxylation is 1. The number of carbonyl (C=O) groups excluding carboxylic acids is 1. The first-order valence-corrected chi connectivity index (χ1v) is 10.2. The number of benzene rings is 2. The molecular weight excluding hydrogens is 405 g/mol. The normalized spacial score (nSPS) is 15.5. The van der Waals surface area contributed by atoms with Gasteiger partial charge in [-0.3, -0.25) is 4.79 Å². The van der Waals surface area contributed by atoms with E-state index in [2.05, 4.69) is 10.2 Å². The Morgan fingerprint density at radius 3 is 2.45 bits per heavy atom. The van der Waals surface area contributed by atoms with Crippen molar-refractivity contribution in [2.75, 3.05) is 43.4 Å². The van der Waals surface area contributed by atoms with Gasteiger partial charge in [0.25, 0.3) is 0 Å². The Morgan fingerprint density at radius 2 is 1.74 bits per heavy atom. The van der Waals surface area contributed by atoms with Crippen molar-refractivity contribution in [2.24, 2.45) is 0 Å². The fraction of sp³-hybridized carbons (Fsp3) is 0.348. The van der Waals surface area contributed by atoms with Crippen molar-refractivity contribution in [3.8, 4) is 0 Å². The maximum Gasteiger partial charge on any atom is 0.418 e. The van der Waals surface area contributed by atoms with Gasteiger partial charge in [-0.1, -0.05) is 18.2 Å². The van der Waals surface area contributed by atoms with E-state index in [4.69, 9.17) is 0 Å². The standard InChI is InChI=1S/C23H25F3N4O/c1-16-13-17-5-3-4-6-21(17)30(16)15-22(31)27-20-8-7-18(14-19(20)23(24,25)26)29-11-9-28(2)10-12-29/h3-8,13-14H,9-12,15H2,1-2H3,(H,27,31). The molecule has 164 valence electrons. The summed E-state index contributed by atoms with van der Waals surface area (Å²) in [6, 6.07) is 13.7. The van der Waals surface area contributed by atoms with Crippen LogP contribution in [0.5, 0.6) is 0 Å². The van der Waals surface area contributed by atoms with Crippen LogP contribution in [0.1, 0.15) is 11.3 Å². The van der Waals surface area contributed by atoms with E-state index in [0.717, 1.165) is 35.8 Å². The molecule has 1 fully saturated rings. The van der Waals surface area contributed by atoms with Gasteiger partial charge in [0.15, 0.2) is 0 Å². The summed E-state index contributed by atoms with van der Waals surface area (Å²) in [5.74, 6) is -0.498. The fourth-order valence-corrected chi connectivity index (χ4v) is 4.03. The number of nitrogens with zero attached hydrogens (tertiary/aromatic N) is 3. The van der Waals surface area contributed by atoms with Crippen molar-refractivity contribution >= 4 is 28.2 Å². The number of rotatable bonds is 4. The second-order valence-corrected chi connectivity index (χ2v) is 8.00. The van der Waals surface area contributed by atoms with Crippen molar-refractivity contribution in [3.63, 3.8) is 0 Å². The fourth-order valence-electron chi connectivity index (χ4n) is 4.03. The number of piperazine rings is 1. The number of aromatic nitrogens is 1. The maximum atomic E-state index is 13.8. The van der Waals surface area contributed by atoms with E-state index in [1.54, 1.807) is 10.6 Å². The molecule has 0 atom stereocenters. The van der Waals surface area contributed by atoms with Gasteiger partial charge >= 0.3 is 6.18 Å². The Kier molecular flexibility index (Phi) is 5.66. The highest BCUT2D eigenvalue weighted by Gasteiger charge is 2.35. The number of anilines is 2. The summed E-state index contributed by atoms with van der Waals surface area (Å²) in [6.45, 7) is 4.74. The smallest absolute Gasteiger partial charge is 0.369 e. The topological polar surface area (TPSA) is 40.5 Å². The zero-order chi connectivity index (χ0) is 22.2. The summed E-state index contributed by atoms with van der Waals surface area (Å²) in [5.41, 5.74) is 1.22. The lowest BCUT2D eigenvalue weighted by molar-refractivity contribution is -0.136. The second-order valence-electron chi connectivity index (χ2n) is 8.00. The monoisotopic (exact) mass is 430 g/mol. The quantitative estimate of drug-likeness (QED) is 0.669. The number of fused-ring (bicyclic) bond motifs is 1. The van der Waals surface area contributed by atoms with Crippen LogP contribution >= 0.6 is 0 Å². The molecule has 3 aromatic rings. The van der Waals surface area contributed by atoms with Crippen LogP contribution in [0.2, 0.25) is 0 Å². The highest BCUT2D eigenvalue weighted by Crippen LogP contribution is 2.37. The highest BCUT2D eigenvalue weighted by molar-refractivity contribution is 5.93. The van der Waals surface area contributed by atoms with Crippen molar-refractivity contribution in [3.05, 3.63) is 59.8 Å². The van der Waals surface area contributed by atoms with Crippen molar-refractivity contribution in [1.29, 1.82) is 0 Å². The molecule has 1 saturated heterocycles. The van der Waals surface area contributed by atoms with Gasteiger partial charge in [-0.05, 0) is 49.7 Å². The molecule has 0 spiro atoms. The van der Waals surface area contributed by atoms with E-state index in [-0.39, 0.29) is 12.2 Å². The van der Waals surface area contributed by atoms with Gasteiger partial charge in [-0.2, -0.15) is 13.2 Å². The average molecular weight is 430 g/mol. The number of para-hydroxylation sites is 1. The van der Waals surface area contributed by atoms with Gasteiger partial charge in [-0.15, -0.1) is 0 Å². The number of carbonyl (C=O) groups is 1. The van der Waals surface area contributed by atoms with E-state index in [0.29, 0.717) is 18.8 Å². The molecule has 0 aliphatic carbocycles. The van der Waals surface area contributed by atoms with E-state index < -0.39 is 17.6 Å². The minimum Gasteiger partial charge on any atom is -0.369 e. The average Bonchev–Trinajstić information content (AvgIpc) is 3.03. The summed E-state index contributed by atoms with van der Waals surface area (Å²) in [7, 11) is 1.99. The van der Waals surface area contributed by atoms with Crippen molar-refractivity contribution in [1.82, 2.24) is 9.47 Å². The molecule has 1 aromatic heterocycles. The molecule has 8 heteroatoms. The molecule has 1 amide bonds. The summed E-state index contributed by atoms with van der Waals surface area (Å²) >= 11 is 0. The highest BCUT2D eigenvalue weighted by atomic mass is 19.4. The van der Waals surface area contributed by atoms with Gasteiger partial charge in [-0.25, -0.2) is 0 Å². The third kappa shape index (κ3) is 4.54. The first-order valence-electron chi connectivity index (χ1n) is 10.2. The molecule has 2 heterocycles. The molecular formula is C23H25F3N4O. The zero-order valence-corrected chi connectivity index (χ0v) is 17.5. The minimum absolute atomic E-state index is 0.0587. The summed E-state index contributed by atoms with van der Waals surface area (Å²) in [4.78, 5) is 16.7. The van der Waals surface area contributed by atoms with Crippen LogP contribution in [0.3, 0.4) is 0 Å². The molecule has 4 rings (SSSR count). The molecule has 1 aliphatic rings. The van der Waals surface area contributed by atoms with Crippen LogP contribution in [0.4, 0.5) is 24.5 Å². The number of likely N-dealkylation sites (N-methyl/N-ethyl adjacent to an activating group) is 1. The summed E-state index contributed by atoms with van der Waals surface area (Å²) in [5, 5.41) is 3.46. The number of alkyl halides is 3.